The number of carboxylic acid groups (broad SMARTS) is 1. The first-order valence-electron chi connectivity index (χ1n) is 41.3. The van der Waals surface area contributed by atoms with Crippen LogP contribution in [0, 0.1) is 101 Å². The molecule has 6 aromatic rings. The van der Waals surface area contributed by atoms with Crippen molar-refractivity contribution in [2.75, 3.05) is 13.2 Å². The average Bonchev–Trinajstić information content (AvgIpc) is 1.15. The third kappa shape index (κ3) is 20.7. The second-order valence-corrected chi connectivity index (χ2v) is 39.9. The zero-order valence-electron chi connectivity index (χ0n) is 68.4. The highest BCUT2D eigenvalue weighted by Crippen LogP contribution is 2.62. The summed E-state index contributed by atoms with van der Waals surface area (Å²) in [5.41, 5.74) is 5.29. The van der Waals surface area contributed by atoms with Gasteiger partial charge in [0.05, 0.1) is 50.4 Å². The summed E-state index contributed by atoms with van der Waals surface area (Å²) in [7, 11) is 27.4. The van der Waals surface area contributed by atoms with Crippen molar-refractivity contribution in [3.8, 4) is 0 Å². The minimum absolute atomic E-state index is 0.0315. The Hall–Kier alpha value is -6.98. The minimum Gasteiger partial charge on any atom is -0.477 e. The highest BCUT2D eigenvalue weighted by molar-refractivity contribution is 7.97. The summed E-state index contributed by atoms with van der Waals surface area (Å²) in [4.78, 5) is 78.3. The molecule has 15 nitrogen and oxygen atoms in total. The van der Waals surface area contributed by atoms with E-state index in [-0.39, 0.29) is 131 Å². The van der Waals surface area contributed by atoms with Crippen LogP contribution >= 0.6 is 0 Å². The van der Waals surface area contributed by atoms with E-state index in [4.69, 9.17) is 76.9 Å². The Labute approximate surface area is 705 Å². The smallest absolute Gasteiger partial charge is 0.377 e. The summed E-state index contributed by atoms with van der Waals surface area (Å²) >= 11 is 0. The molecule has 2 heterocycles. The lowest BCUT2D eigenvalue weighted by molar-refractivity contribution is -0.245. The fourth-order valence-corrected chi connectivity index (χ4v) is 25.4. The zero-order valence-corrected chi connectivity index (χ0v) is 70.0. The third-order valence-electron chi connectivity index (χ3n) is 26.0. The molecule has 30 heteroatoms. The van der Waals surface area contributed by atoms with Gasteiger partial charge >= 0.3 is 47.7 Å². The molecule has 2 N–H and O–H groups in total. The number of aryl methyl sites for hydroxylation is 6. The van der Waals surface area contributed by atoms with E-state index in [0.717, 1.165) is 64.2 Å². The van der Waals surface area contributed by atoms with E-state index in [2.05, 4.69) is 187 Å². The van der Waals surface area contributed by atoms with Gasteiger partial charge in [0.25, 0.3) is 0 Å². The van der Waals surface area contributed by atoms with Crippen molar-refractivity contribution in [2.24, 2.45) is 59.2 Å². The molecular weight excluding hydrogens is 1530 g/mol. The van der Waals surface area contributed by atoms with Gasteiger partial charge in [0.15, 0.2) is 29.4 Å². The SMILES string of the molecule is CC(F)(F)C(=O)O.CC(F)(F)C(=O)OC12CC3CC(CC(OCC(=O)OC4C5CC6C(=O)OC4C6C5)(C3)C1)C2.Cc1ccc([S+](c2ccc(C)cc2)c2ccc(C)cc2)cc1.Cc1ccc([S+](c2ccc(C)cc2)c2ccc(C)cc2)cc1.O=C(COC12CC3CC(CC(O)(C3)C1)C2)OC1C2CC3C(=O)OC1C3C2.[B][B]B(B([B])[B])B([B])[B]. The first-order chi connectivity index (χ1) is 55.8. The molecule has 20 rings (SSSR count). The summed E-state index contributed by atoms with van der Waals surface area (Å²) < 4.78 is 89.4. The molecule has 2 saturated heterocycles. The van der Waals surface area contributed by atoms with E-state index >= 15 is 0 Å². The molecule has 607 valence electrons. The van der Waals surface area contributed by atoms with Crippen LogP contribution in [-0.4, -0.2) is 183 Å². The predicted octanol–water partition coefficient (Wildman–Crippen LogP) is 13.1. The van der Waals surface area contributed by atoms with Gasteiger partial charge < -0.3 is 43.4 Å². The lowest BCUT2D eigenvalue weighted by atomic mass is 8.64. The van der Waals surface area contributed by atoms with Crippen LogP contribution in [0.4, 0.5) is 17.6 Å². The van der Waals surface area contributed by atoms with Gasteiger partial charge in [0.2, 0.25) is 0 Å². The van der Waals surface area contributed by atoms with Crippen molar-refractivity contribution in [3.63, 3.8) is 0 Å². The number of aliphatic hydroxyl groups is 1. The minimum atomic E-state index is -3.58. The maximum Gasteiger partial charge on any atom is 0.377 e. The molecule has 14 atom stereocenters. The maximum absolute atomic E-state index is 13.5. The highest BCUT2D eigenvalue weighted by atomic mass is 32.2. The summed E-state index contributed by atoms with van der Waals surface area (Å²) in [6.45, 7) is 13.4. The number of halogens is 4. The topological polar surface area (TPSA) is 207 Å². The molecule has 0 spiro atoms. The Kier molecular flexibility index (Phi) is 27.3. The number of ether oxygens (including phenoxy) is 7. The van der Waals surface area contributed by atoms with Crippen molar-refractivity contribution in [3.05, 3.63) is 179 Å². The summed E-state index contributed by atoms with van der Waals surface area (Å²) in [6.07, 6.45) is 9.96. The number of rotatable bonds is 20. The van der Waals surface area contributed by atoms with E-state index in [1.165, 1.54) is 76.2 Å². The molecule has 11 radical (unpaired) electrons. The van der Waals surface area contributed by atoms with Gasteiger partial charge in [-0.3, -0.25) is 9.59 Å². The van der Waals surface area contributed by atoms with Crippen molar-refractivity contribution in [2.45, 2.75) is 246 Å². The molecule has 6 aromatic carbocycles. The number of aliphatic carboxylic acids is 1. The second kappa shape index (κ2) is 36.2. The van der Waals surface area contributed by atoms with Crippen LogP contribution in [0.1, 0.15) is 150 Å². The molecule has 14 unspecified atom stereocenters. The van der Waals surface area contributed by atoms with Crippen molar-refractivity contribution >= 4 is 123 Å². The fourth-order valence-electron chi connectivity index (χ4n) is 21.3. The van der Waals surface area contributed by atoms with Gasteiger partial charge in [-0.2, -0.15) is 17.6 Å². The molecule has 12 aliphatic carbocycles. The maximum atomic E-state index is 13.5. The van der Waals surface area contributed by atoms with Crippen molar-refractivity contribution in [1.29, 1.82) is 0 Å². The molecule has 12 saturated carbocycles. The van der Waals surface area contributed by atoms with Crippen LogP contribution in [0.15, 0.2) is 175 Å². The molecule has 14 aliphatic rings. The molecule has 0 aromatic heterocycles. The van der Waals surface area contributed by atoms with Crippen LogP contribution in [0.25, 0.3) is 0 Å². The number of benzene rings is 6. The number of carbonyl (C=O) groups excluding carboxylic acids is 5. The Morgan fingerprint density at radius 2 is 0.754 bits per heavy atom. The van der Waals surface area contributed by atoms with E-state index in [0.29, 0.717) is 57.8 Å². The highest BCUT2D eigenvalue weighted by Gasteiger charge is 2.66. The standard InChI is InChI=1S/C23H28F2O7.2C21H21S.C20H26O6.C3H4F2O2.B9/c1-21(24,25)20(28)32-23-7-11-2-12(8-23)6-22(5-11,10-23)29-9-16(26)30-17-13-3-14-15(4-13)19(27)31-18(14)17;2*1-16-4-10-19(11-5-16)22(20-12-6-17(2)7-13-20)21-14-8-18(3)9-15-21;21-15(25-16-12-2-13-14(3-12)18(22)26-17(13)16)8-24-20-6-10-1-11(7-20)5-19(23,4-10)9-20;1-3(4,5)2(6)7;1-6-9(7(2)3)8(4)5/h11-15,17-18H,2-10H2,1H3;2*4-15H,1-3H3;10-14,16-17,23H,1-9H2;1H3,(H,6,7);/q;2*+1;;;. The van der Waals surface area contributed by atoms with Gasteiger partial charge in [0, 0.05) is 115 Å². The first-order valence-corrected chi connectivity index (χ1v) is 43.7. The van der Waals surface area contributed by atoms with Crippen LogP contribution in [0.5, 0.6) is 0 Å². The zero-order chi connectivity index (χ0) is 84.7. The van der Waals surface area contributed by atoms with E-state index in [1.54, 1.807) is 0 Å². The Balaban J connectivity index is 0.000000130. The van der Waals surface area contributed by atoms with Crippen LogP contribution < -0.4 is 0 Å². The lowest BCUT2D eigenvalue weighted by Crippen LogP contribution is -2.62. The average molecular weight is 1640 g/mol. The Morgan fingerprint density at radius 1 is 0.466 bits per heavy atom. The number of hydrogen-bond donors (Lipinski definition) is 2. The van der Waals surface area contributed by atoms with Crippen LogP contribution in [-0.2, 0) is 83.7 Å². The monoisotopic (exact) mass is 1640 g/mol. The summed E-state index contributed by atoms with van der Waals surface area (Å²) in [5, 5.41) is 18.3. The van der Waals surface area contributed by atoms with Gasteiger partial charge in [-0.15, -0.1) is 0 Å². The predicted molar refractivity (Wildman–Crippen MR) is 451 cm³/mol. The number of fused-ring (bicyclic) bond motifs is 2. The van der Waals surface area contributed by atoms with Crippen LogP contribution in [0.3, 0.4) is 0 Å². The fraction of sp³-hybridized carbons (Fsp3) is 0.523. The Bertz CT molecular complexity index is 4160. The number of alkyl halides is 4. The van der Waals surface area contributed by atoms with Crippen LogP contribution in [0.2, 0.25) is 0 Å². The lowest BCUT2D eigenvalue weighted by Gasteiger charge is -2.60. The molecule has 12 bridgehead atoms. The van der Waals surface area contributed by atoms with Gasteiger partial charge in [-0.25, -0.2) is 19.2 Å². The quantitative estimate of drug-likeness (QED) is 0.0240. The number of carboxylic acids is 1. The molecule has 14 fully saturated rings. The molecule has 0 amide bonds. The summed E-state index contributed by atoms with van der Waals surface area (Å²) in [5.74, 6) is -9.55. The normalized spacial score (nSPS) is 30.5. The van der Waals surface area contributed by atoms with E-state index in [9.17, 15) is 51.4 Å². The first kappa shape index (κ1) is 88.8. The Morgan fingerprint density at radius 3 is 1.02 bits per heavy atom. The second-order valence-electron chi connectivity index (χ2n) is 35.9. The number of esters is 5. The molecular formula is C88H100B9F4O15S2+2. The van der Waals surface area contributed by atoms with Gasteiger partial charge in [0.1, 0.15) is 43.2 Å². The number of hydrogen-bond acceptors (Lipinski definition) is 14. The van der Waals surface area contributed by atoms with E-state index in [1.807, 2.05) is 0 Å². The molecule has 118 heavy (non-hydrogen) atoms. The van der Waals surface area contributed by atoms with E-state index < -0.39 is 65.4 Å². The molecule has 2 aliphatic heterocycles. The van der Waals surface area contributed by atoms with Crippen molar-refractivity contribution < 1.29 is 89.7 Å². The van der Waals surface area contributed by atoms with Gasteiger partial charge in [-0.05, 0) is 228 Å². The summed E-state index contributed by atoms with van der Waals surface area (Å²) in [6, 6.07) is 53.6. The van der Waals surface area contributed by atoms with Crippen molar-refractivity contribution in [1.82, 2.24) is 0 Å². The van der Waals surface area contributed by atoms with Gasteiger partial charge in [-0.1, -0.05) is 106 Å². The largest absolute Gasteiger partial charge is 0.477 e. The number of carbonyl (C=O) groups is 6. The third-order valence-corrected chi connectivity index (χ3v) is 30.4.